The highest BCUT2D eigenvalue weighted by atomic mass is 35.5. The Morgan fingerprint density at radius 3 is 2.69 bits per heavy atom. The van der Waals surface area contributed by atoms with Gasteiger partial charge >= 0.3 is 0 Å². The van der Waals surface area contributed by atoms with Crippen molar-refractivity contribution in [3.05, 3.63) is 82.4 Å². The molecule has 1 aliphatic rings. The van der Waals surface area contributed by atoms with E-state index in [4.69, 9.17) is 29.1 Å². The maximum Gasteiger partial charge on any atom is 0.258 e. The van der Waals surface area contributed by atoms with Crippen molar-refractivity contribution >= 4 is 57.8 Å². The number of pyridine rings is 1. The summed E-state index contributed by atoms with van der Waals surface area (Å²) in [5, 5.41) is 12.2. The summed E-state index contributed by atoms with van der Waals surface area (Å²) >= 11 is 11.7. The van der Waals surface area contributed by atoms with Crippen molar-refractivity contribution < 1.29 is 14.0 Å². The number of carbonyl (C=O) groups is 2. The molecule has 10 heteroatoms. The highest BCUT2D eigenvalue weighted by molar-refractivity contribution is 7.81. The summed E-state index contributed by atoms with van der Waals surface area (Å²) in [6.45, 7) is 2.11. The predicted molar refractivity (Wildman–Crippen MR) is 136 cm³/mol. The van der Waals surface area contributed by atoms with Crippen LogP contribution in [0.2, 0.25) is 5.02 Å². The Morgan fingerprint density at radius 1 is 1.23 bits per heavy atom. The van der Waals surface area contributed by atoms with E-state index in [1.54, 1.807) is 48.2 Å². The van der Waals surface area contributed by atoms with Gasteiger partial charge in [-0.05, 0) is 67.5 Å². The molecule has 35 heavy (non-hydrogen) atoms. The largest absolute Gasteiger partial charge is 0.321 e. The number of thiocarbonyl (C=S) groups is 1. The molecule has 0 saturated carbocycles. The van der Waals surface area contributed by atoms with E-state index in [0.29, 0.717) is 40.6 Å². The molecule has 1 fully saturated rings. The second kappa shape index (κ2) is 10.2. The van der Waals surface area contributed by atoms with E-state index in [1.165, 1.54) is 23.2 Å². The number of aryl methyl sites for hydroxylation is 1. The smallest absolute Gasteiger partial charge is 0.258 e. The third-order valence-electron chi connectivity index (χ3n) is 5.50. The van der Waals surface area contributed by atoms with Crippen LogP contribution in [0.15, 0.2) is 54.7 Å². The number of carbonyl (C=O) groups excluding carboxylic acids is 2. The zero-order valence-electron chi connectivity index (χ0n) is 18.6. The van der Waals surface area contributed by atoms with Gasteiger partial charge in [0.05, 0.1) is 28.2 Å². The van der Waals surface area contributed by atoms with Crippen molar-refractivity contribution in [1.82, 2.24) is 4.98 Å². The van der Waals surface area contributed by atoms with Gasteiger partial charge in [-0.25, -0.2) is 9.37 Å². The number of rotatable bonds is 4. The van der Waals surface area contributed by atoms with Gasteiger partial charge in [0.15, 0.2) is 5.11 Å². The molecule has 1 aromatic heterocycles. The Kier molecular flexibility index (Phi) is 7.05. The maximum atomic E-state index is 15.0. The molecule has 2 aromatic carbocycles. The number of anilines is 3. The van der Waals surface area contributed by atoms with Gasteiger partial charge in [-0.15, -0.1) is 0 Å². The molecular weight excluding hydrogens is 489 g/mol. The summed E-state index contributed by atoms with van der Waals surface area (Å²) in [6.07, 6.45) is 2.15. The topological polar surface area (TPSA) is 89.3 Å². The first-order valence-electron chi connectivity index (χ1n) is 10.7. The summed E-state index contributed by atoms with van der Waals surface area (Å²) in [7, 11) is 0. The minimum atomic E-state index is -0.743. The number of nitriles is 1. The molecule has 7 nitrogen and oxygen atoms in total. The fraction of sp³-hybridized carbons (Fsp3) is 0.160. The SMILES string of the molecule is Cc1cc(N2C(=O)CCCN(c3ccc(C(=O)Nc4ccccc4Cl)c(F)c3)C2=S)cnc1C#N. The van der Waals surface area contributed by atoms with Crippen molar-refractivity contribution in [2.75, 3.05) is 21.7 Å². The number of benzene rings is 2. The molecule has 3 aromatic rings. The minimum Gasteiger partial charge on any atom is -0.321 e. The molecule has 1 N–H and O–H groups in total. The molecule has 0 atom stereocenters. The quantitative estimate of drug-likeness (QED) is 0.487. The maximum absolute atomic E-state index is 15.0. The van der Waals surface area contributed by atoms with Crippen LogP contribution >= 0.6 is 23.8 Å². The number of hydrogen-bond acceptors (Lipinski definition) is 5. The van der Waals surface area contributed by atoms with E-state index in [9.17, 15) is 9.59 Å². The number of hydrogen-bond donors (Lipinski definition) is 1. The molecule has 0 bridgehead atoms. The number of nitrogens with one attached hydrogen (secondary N) is 1. The van der Waals surface area contributed by atoms with Gasteiger partial charge < -0.3 is 10.2 Å². The van der Waals surface area contributed by atoms with Crippen LogP contribution in [0.1, 0.15) is 34.5 Å². The van der Waals surface area contributed by atoms with Gasteiger partial charge in [0.2, 0.25) is 5.91 Å². The van der Waals surface area contributed by atoms with Crippen molar-refractivity contribution in [2.24, 2.45) is 0 Å². The lowest BCUT2D eigenvalue weighted by molar-refractivity contribution is -0.117. The molecule has 0 spiro atoms. The average Bonchev–Trinajstić information content (AvgIpc) is 2.97. The Hall–Kier alpha value is -3.87. The van der Waals surface area contributed by atoms with Crippen molar-refractivity contribution in [3.63, 3.8) is 0 Å². The average molecular weight is 508 g/mol. The van der Waals surface area contributed by atoms with E-state index in [2.05, 4.69) is 10.3 Å². The van der Waals surface area contributed by atoms with Crippen molar-refractivity contribution in [3.8, 4) is 6.07 Å². The van der Waals surface area contributed by atoms with Crippen LogP contribution in [0.5, 0.6) is 0 Å². The van der Waals surface area contributed by atoms with Gasteiger partial charge in [-0.1, -0.05) is 23.7 Å². The lowest BCUT2D eigenvalue weighted by Gasteiger charge is -2.29. The zero-order valence-corrected chi connectivity index (χ0v) is 20.2. The van der Waals surface area contributed by atoms with Gasteiger partial charge in [-0.3, -0.25) is 14.5 Å². The van der Waals surface area contributed by atoms with E-state index in [0.717, 1.165) is 0 Å². The molecule has 1 saturated heterocycles. The van der Waals surface area contributed by atoms with Crippen LogP contribution in [-0.4, -0.2) is 28.5 Å². The van der Waals surface area contributed by atoms with Crippen LogP contribution in [0.25, 0.3) is 0 Å². The third-order valence-corrected chi connectivity index (χ3v) is 6.24. The Morgan fingerprint density at radius 2 is 2.00 bits per heavy atom. The van der Waals surface area contributed by atoms with Crippen LogP contribution < -0.4 is 15.1 Å². The number of para-hydroxylation sites is 1. The second-order valence-electron chi connectivity index (χ2n) is 7.84. The van der Waals surface area contributed by atoms with Crippen molar-refractivity contribution in [2.45, 2.75) is 19.8 Å². The molecule has 0 radical (unpaired) electrons. The van der Waals surface area contributed by atoms with Gasteiger partial charge in [-0.2, -0.15) is 5.26 Å². The van der Waals surface area contributed by atoms with Crippen LogP contribution in [0.3, 0.4) is 0 Å². The Labute approximate surface area is 211 Å². The molecule has 0 unspecified atom stereocenters. The summed E-state index contributed by atoms with van der Waals surface area (Å²) < 4.78 is 15.0. The predicted octanol–water partition coefficient (Wildman–Crippen LogP) is 5.22. The first-order chi connectivity index (χ1) is 16.8. The van der Waals surface area contributed by atoms with Crippen molar-refractivity contribution in [1.29, 1.82) is 5.26 Å². The summed E-state index contributed by atoms with van der Waals surface area (Å²) in [4.78, 5) is 32.6. The lowest BCUT2D eigenvalue weighted by Crippen LogP contribution is -2.44. The highest BCUT2D eigenvalue weighted by Crippen LogP contribution is 2.28. The molecule has 2 heterocycles. The van der Waals surface area contributed by atoms with Gasteiger partial charge in [0, 0.05) is 18.7 Å². The molecule has 176 valence electrons. The van der Waals surface area contributed by atoms with Gasteiger partial charge in [0.1, 0.15) is 17.6 Å². The summed E-state index contributed by atoms with van der Waals surface area (Å²) in [5.74, 6) is -1.61. The zero-order chi connectivity index (χ0) is 25.1. The summed E-state index contributed by atoms with van der Waals surface area (Å²) in [5.41, 5.74) is 1.91. The molecule has 2 amide bonds. The molecule has 1 aliphatic heterocycles. The van der Waals surface area contributed by atoms with Crippen LogP contribution in [0.4, 0.5) is 21.5 Å². The fourth-order valence-corrected chi connectivity index (χ4v) is 4.31. The first-order valence-corrected chi connectivity index (χ1v) is 11.5. The molecule has 0 aliphatic carbocycles. The lowest BCUT2D eigenvalue weighted by atomic mass is 10.1. The standard InChI is InChI=1S/C25H19ClFN5O2S/c1-15-11-17(14-29-22(15)13-28)32-23(33)7-4-10-31(25(32)35)16-8-9-18(20(27)12-16)24(34)30-21-6-3-2-5-19(21)26/h2-3,5-6,8-9,11-12,14H,4,7,10H2,1H3,(H,30,34). The highest BCUT2D eigenvalue weighted by Gasteiger charge is 2.30. The number of halogens is 2. The number of nitrogens with zero attached hydrogens (tertiary/aromatic N) is 4. The Balaban J connectivity index is 1.62. The third kappa shape index (κ3) is 4.99. The van der Waals surface area contributed by atoms with E-state index in [1.807, 2.05) is 6.07 Å². The first kappa shape index (κ1) is 24.3. The number of aromatic nitrogens is 1. The van der Waals surface area contributed by atoms with Gasteiger partial charge in [0.25, 0.3) is 5.91 Å². The fourth-order valence-electron chi connectivity index (χ4n) is 3.72. The monoisotopic (exact) mass is 507 g/mol. The second-order valence-corrected chi connectivity index (χ2v) is 8.61. The summed E-state index contributed by atoms with van der Waals surface area (Å²) in [6, 6.07) is 14.5. The van der Waals surface area contributed by atoms with Crippen LogP contribution in [0, 0.1) is 24.1 Å². The van der Waals surface area contributed by atoms with E-state index >= 15 is 4.39 Å². The molecular formula is C25H19ClFN5O2S. The van der Waals surface area contributed by atoms with Crippen LogP contribution in [-0.2, 0) is 4.79 Å². The normalized spacial score (nSPS) is 13.9. The minimum absolute atomic E-state index is 0.158. The molecule has 4 rings (SSSR count). The van der Waals surface area contributed by atoms with E-state index in [-0.39, 0.29) is 28.7 Å². The number of amides is 2. The Bertz CT molecular complexity index is 1390. The van der Waals surface area contributed by atoms with E-state index < -0.39 is 11.7 Å².